The summed E-state index contributed by atoms with van der Waals surface area (Å²) >= 11 is 0. The predicted octanol–water partition coefficient (Wildman–Crippen LogP) is 1.16. The Balaban J connectivity index is 3.64. The van der Waals surface area contributed by atoms with Crippen LogP contribution in [0.4, 0.5) is 5.69 Å². The molecule has 0 aliphatic heterocycles. The van der Waals surface area contributed by atoms with E-state index in [4.69, 9.17) is 9.47 Å². The Morgan fingerprint density at radius 2 is 1.59 bits per heavy atom. The molecule has 0 aromatic heterocycles. The van der Waals surface area contributed by atoms with E-state index < -0.39 is 46.1 Å². The summed E-state index contributed by atoms with van der Waals surface area (Å²) < 4.78 is 9.58. The zero-order valence-corrected chi connectivity index (χ0v) is 14.6. The third-order valence-corrected chi connectivity index (χ3v) is 3.64. The number of rotatable bonds is 8. The minimum Gasteiger partial charge on any atom is -0.872 e. The summed E-state index contributed by atoms with van der Waals surface area (Å²) in [5.41, 5.74) is -0.876. The minimum absolute atomic E-state index is 0.0838. The quantitative estimate of drug-likeness (QED) is 0.368. The van der Waals surface area contributed by atoms with Gasteiger partial charge in [-0.25, -0.2) is 0 Å². The number of non-ortho nitro benzene ring substituents is 1. The fourth-order valence-electron chi connectivity index (χ4n) is 2.48. The standard InChI is InChI=1S/C17H17N3O7/c1-3-26-16(22)12(8-18)15(13(9-19)17(23)27-4-2)11-7-10(20(24)25)5-6-14(11)21/h5-7,12-13,15,21H,3-4H2,1-2H3/p-1/t12-,13-/m1/s1. The molecule has 0 heterocycles. The molecular weight excluding hydrogens is 358 g/mol. The Kier molecular flexibility index (Phi) is 7.70. The number of ether oxygens (including phenoxy) is 2. The van der Waals surface area contributed by atoms with Gasteiger partial charge in [-0.05, 0) is 19.4 Å². The average molecular weight is 374 g/mol. The summed E-state index contributed by atoms with van der Waals surface area (Å²) in [6.45, 7) is 2.81. The fourth-order valence-corrected chi connectivity index (χ4v) is 2.48. The Bertz CT molecular complexity index is 774. The van der Waals surface area contributed by atoms with E-state index in [1.165, 1.54) is 13.8 Å². The Hall–Kier alpha value is -3.66. The van der Waals surface area contributed by atoms with Crippen LogP contribution in [0.5, 0.6) is 5.75 Å². The third-order valence-electron chi connectivity index (χ3n) is 3.64. The second-order valence-corrected chi connectivity index (χ2v) is 5.22. The van der Waals surface area contributed by atoms with Gasteiger partial charge in [0, 0.05) is 18.1 Å². The number of carbonyl (C=O) groups is 2. The van der Waals surface area contributed by atoms with E-state index in [2.05, 4.69) is 0 Å². The van der Waals surface area contributed by atoms with Gasteiger partial charge in [0.25, 0.3) is 5.69 Å². The van der Waals surface area contributed by atoms with Gasteiger partial charge in [0.05, 0.1) is 30.3 Å². The molecule has 0 unspecified atom stereocenters. The van der Waals surface area contributed by atoms with Gasteiger partial charge in [0.2, 0.25) is 0 Å². The molecule has 142 valence electrons. The van der Waals surface area contributed by atoms with Crippen LogP contribution in [0.25, 0.3) is 0 Å². The summed E-state index contributed by atoms with van der Waals surface area (Å²) in [5.74, 6) is -7.89. The van der Waals surface area contributed by atoms with Crippen LogP contribution in [-0.2, 0) is 19.1 Å². The number of nitriles is 2. The van der Waals surface area contributed by atoms with Gasteiger partial charge in [-0.15, -0.1) is 5.75 Å². The van der Waals surface area contributed by atoms with Crippen molar-refractivity contribution in [2.24, 2.45) is 11.8 Å². The number of carbonyl (C=O) groups excluding carboxylic acids is 2. The number of nitro benzene ring substituents is 1. The van der Waals surface area contributed by atoms with Gasteiger partial charge in [0.15, 0.2) is 11.8 Å². The Morgan fingerprint density at radius 3 is 1.96 bits per heavy atom. The monoisotopic (exact) mass is 374 g/mol. The highest BCUT2D eigenvalue weighted by atomic mass is 16.6. The summed E-state index contributed by atoms with van der Waals surface area (Å²) in [6, 6.07) is 5.93. The topological polar surface area (TPSA) is 166 Å². The van der Waals surface area contributed by atoms with Crippen molar-refractivity contribution in [3.8, 4) is 17.9 Å². The Labute approximate surface area is 154 Å². The second kappa shape index (κ2) is 9.73. The molecule has 0 spiro atoms. The molecule has 10 nitrogen and oxygen atoms in total. The van der Waals surface area contributed by atoms with E-state index in [1.807, 2.05) is 0 Å². The molecule has 0 saturated carbocycles. The SMILES string of the molecule is CCOC(=O)[C@H](C#N)C(c1cc([N+](=O)[O-])ccc1[O-])[C@@H](C#N)C(=O)OCC. The fraction of sp³-hybridized carbons (Fsp3) is 0.412. The minimum atomic E-state index is -1.71. The van der Waals surface area contributed by atoms with Crippen LogP contribution in [0.3, 0.4) is 0 Å². The lowest BCUT2D eigenvalue weighted by atomic mass is 9.77. The Morgan fingerprint density at radius 1 is 1.11 bits per heavy atom. The molecule has 0 bridgehead atoms. The number of benzene rings is 1. The van der Waals surface area contributed by atoms with Crippen LogP contribution >= 0.6 is 0 Å². The maximum atomic E-state index is 12.3. The van der Waals surface area contributed by atoms with Crippen molar-refractivity contribution in [2.75, 3.05) is 13.2 Å². The van der Waals surface area contributed by atoms with Crippen molar-refractivity contribution in [2.45, 2.75) is 19.8 Å². The molecular formula is C17H16N3O7-. The molecule has 0 aliphatic rings. The highest BCUT2D eigenvalue weighted by Crippen LogP contribution is 2.39. The smallest absolute Gasteiger partial charge is 0.324 e. The molecule has 0 radical (unpaired) electrons. The van der Waals surface area contributed by atoms with Crippen LogP contribution in [-0.4, -0.2) is 30.1 Å². The van der Waals surface area contributed by atoms with Crippen LogP contribution < -0.4 is 5.11 Å². The van der Waals surface area contributed by atoms with E-state index in [1.54, 1.807) is 12.1 Å². The van der Waals surface area contributed by atoms with Crippen molar-refractivity contribution in [1.82, 2.24) is 0 Å². The first kappa shape index (κ1) is 21.4. The van der Waals surface area contributed by atoms with Crippen molar-refractivity contribution in [3.63, 3.8) is 0 Å². The van der Waals surface area contributed by atoms with Gasteiger partial charge in [-0.1, -0.05) is 6.07 Å². The predicted molar refractivity (Wildman–Crippen MR) is 86.8 cm³/mol. The van der Waals surface area contributed by atoms with Crippen LogP contribution in [0.1, 0.15) is 25.3 Å². The van der Waals surface area contributed by atoms with E-state index in [-0.39, 0.29) is 18.8 Å². The molecule has 2 atom stereocenters. The lowest BCUT2D eigenvalue weighted by Crippen LogP contribution is -2.33. The van der Waals surface area contributed by atoms with Crippen molar-refractivity contribution in [3.05, 3.63) is 33.9 Å². The first-order valence-corrected chi connectivity index (χ1v) is 7.90. The molecule has 1 aromatic rings. The molecule has 0 fully saturated rings. The van der Waals surface area contributed by atoms with E-state index in [9.17, 15) is 35.3 Å². The third kappa shape index (κ3) is 4.92. The van der Waals surface area contributed by atoms with E-state index in [0.717, 1.165) is 18.2 Å². The van der Waals surface area contributed by atoms with Crippen LogP contribution in [0.15, 0.2) is 18.2 Å². The molecule has 0 aliphatic carbocycles. The summed E-state index contributed by atoms with van der Waals surface area (Å²) in [7, 11) is 0. The van der Waals surface area contributed by atoms with E-state index >= 15 is 0 Å². The van der Waals surface area contributed by atoms with Crippen molar-refractivity contribution in [1.29, 1.82) is 10.5 Å². The molecule has 1 aromatic carbocycles. The van der Waals surface area contributed by atoms with Gasteiger partial charge in [-0.3, -0.25) is 19.7 Å². The first-order chi connectivity index (χ1) is 12.8. The van der Waals surface area contributed by atoms with Gasteiger partial charge in [-0.2, -0.15) is 10.5 Å². The first-order valence-electron chi connectivity index (χ1n) is 7.90. The largest absolute Gasteiger partial charge is 0.872 e. The second-order valence-electron chi connectivity index (χ2n) is 5.22. The average Bonchev–Trinajstić information content (AvgIpc) is 2.62. The zero-order valence-electron chi connectivity index (χ0n) is 14.6. The molecule has 10 heteroatoms. The highest BCUT2D eigenvalue weighted by Gasteiger charge is 2.42. The molecule has 0 N–H and O–H groups in total. The molecule has 1 rings (SSSR count). The number of hydrogen-bond acceptors (Lipinski definition) is 9. The molecule has 27 heavy (non-hydrogen) atoms. The molecule has 0 saturated heterocycles. The number of nitro groups is 1. The van der Waals surface area contributed by atoms with Gasteiger partial charge in [0.1, 0.15) is 0 Å². The highest BCUT2D eigenvalue weighted by molar-refractivity contribution is 5.82. The van der Waals surface area contributed by atoms with E-state index in [0.29, 0.717) is 0 Å². The summed E-state index contributed by atoms with van der Waals surface area (Å²) in [4.78, 5) is 34.6. The summed E-state index contributed by atoms with van der Waals surface area (Å²) in [6.07, 6.45) is 0. The normalized spacial score (nSPS) is 12.3. The molecule has 0 amide bonds. The van der Waals surface area contributed by atoms with Gasteiger partial charge < -0.3 is 14.6 Å². The maximum Gasteiger partial charge on any atom is 0.324 e. The van der Waals surface area contributed by atoms with Crippen molar-refractivity contribution >= 4 is 17.6 Å². The maximum absolute atomic E-state index is 12.3. The summed E-state index contributed by atoms with van der Waals surface area (Å²) in [5, 5.41) is 42.2. The lowest BCUT2D eigenvalue weighted by Gasteiger charge is -2.27. The lowest BCUT2D eigenvalue weighted by molar-refractivity contribution is -0.385. The zero-order chi connectivity index (χ0) is 20.6. The van der Waals surface area contributed by atoms with Gasteiger partial charge >= 0.3 is 11.9 Å². The number of esters is 2. The van der Waals surface area contributed by atoms with Crippen LogP contribution in [0.2, 0.25) is 0 Å². The number of hydrogen-bond donors (Lipinski definition) is 0. The number of nitrogens with zero attached hydrogens (tertiary/aromatic N) is 3. The van der Waals surface area contributed by atoms with Crippen molar-refractivity contribution < 1.29 is 29.1 Å². The van der Waals surface area contributed by atoms with Crippen LogP contribution in [0, 0.1) is 44.6 Å².